The van der Waals surface area contributed by atoms with Gasteiger partial charge in [0.1, 0.15) is 35.1 Å². The Morgan fingerprint density at radius 1 is 1.00 bits per heavy atom. The topological polar surface area (TPSA) is 129 Å². The minimum Gasteiger partial charge on any atom is -0.495 e. The predicted molar refractivity (Wildman–Crippen MR) is 154 cm³/mol. The minimum atomic E-state index is -0.268. The van der Waals surface area contributed by atoms with Gasteiger partial charge in [-0.25, -0.2) is 14.6 Å². The second-order valence-electron chi connectivity index (χ2n) is 9.54. The number of ether oxygens (including phenoxy) is 2. The van der Waals surface area contributed by atoms with Crippen molar-refractivity contribution < 1.29 is 14.3 Å². The molecule has 1 fully saturated rings. The first-order valence-corrected chi connectivity index (χ1v) is 13.1. The van der Waals surface area contributed by atoms with Crippen LogP contribution in [0.25, 0.3) is 22.3 Å². The number of methoxy groups -OCH3 is 1. The normalized spacial score (nSPS) is 13.7. The molecular weight excluding hydrogens is 506 g/mol. The van der Waals surface area contributed by atoms with Gasteiger partial charge in [-0.15, -0.1) is 0 Å². The van der Waals surface area contributed by atoms with Crippen LogP contribution in [0.3, 0.4) is 0 Å². The quantitative estimate of drug-likeness (QED) is 0.264. The molecule has 40 heavy (non-hydrogen) atoms. The van der Waals surface area contributed by atoms with Crippen LogP contribution in [0, 0.1) is 0 Å². The summed E-state index contributed by atoms with van der Waals surface area (Å²) in [5, 5.41) is 12.0. The number of carbonyl (C=O) groups excluding carboxylic acids is 1. The summed E-state index contributed by atoms with van der Waals surface area (Å²) in [5.41, 5.74) is 9.51. The maximum atomic E-state index is 13.0. The molecule has 0 unspecified atom stereocenters. The monoisotopic (exact) mass is 535 g/mol. The average molecular weight is 536 g/mol. The van der Waals surface area contributed by atoms with Gasteiger partial charge in [0.15, 0.2) is 5.65 Å². The summed E-state index contributed by atoms with van der Waals surface area (Å²) in [6.07, 6.45) is 3.38. The fraction of sp³-hybridized carbons (Fsp3) is 0.200. The van der Waals surface area contributed by atoms with E-state index in [0.29, 0.717) is 45.3 Å². The number of aromatic nitrogens is 4. The maximum absolute atomic E-state index is 13.0. The molecular formula is C30H29N7O3. The van der Waals surface area contributed by atoms with Crippen molar-refractivity contribution in [1.82, 2.24) is 25.1 Å². The lowest BCUT2D eigenvalue weighted by molar-refractivity contribution is 0.102. The zero-order valence-corrected chi connectivity index (χ0v) is 22.0. The second-order valence-corrected chi connectivity index (χ2v) is 9.54. The number of benzene rings is 3. The summed E-state index contributed by atoms with van der Waals surface area (Å²) >= 11 is 0. The van der Waals surface area contributed by atoms with Gasteiger partial charge in [-0.1, -0.05) is 24.3 Å². The van der Waals surface area contributed by atoms with E-state index < -0.39 is 0 Å². The highest BCUT2D eigenvalue weighted by atomic mass is 16.5. The number of nitrogens with zero attached hydrogens (tertiary/aromatic N) is 4. The molecule has 10 nitrogen and oxygen atoms in total. The van der Waals surface area contributed by atoms with Gasteiger partial charge in [0.2, 0.25) is 0 Å². The number of fused-ring (bicyclic) bond motifs is 1. The molecule has 0 spiro atoms. The number of para-hydroxylation sites is 1. The molecule has 0 saturated carbocycles. The van der Waals surface area contributed by atoms with Crippen molar-refractivity contribution in [3.63, 3.8) is 0 Å². The lowest BCUT2D eigenvalue weighted by Gasteiger charge is -2.23. The van der Waals surface area contributed by atoms with Gasteiger partial charge in [-0.05, 0) is 74.5 Å². The van der Waals surface area contributed by atoms with E-state index in [2.05, 4.69) is 20.6 Å². The summed E-state index contributed by atoms with van der Waals surface area (Å²) in [7, 11) is 1.56. The lowest BCUT2D eigenvalue weighted by atomic mass is 10.1. The first-order valence-electron chi connectivity index (χ1n) is 13.1. The molecule has 0 atom stereocenters. The zero-order chi connectivity index (χ0) is 27.5. The number of rotatable bonds is 7. The van der Waals surface area contributed by atoms with Crippen molar-refractivity contribution in [2.45, 2.75) is 18.9 Å². The van der Waals surface area contributed by atoms with E-state index in [0.717, 1.165) is 37.2 Å². The number of nitrogen functional groups attached to an aromatic ring is 1. The molecule has 0 aliphatic carbocycles. The fourth-order valence-electron chi connectivity index (χ4n) is 4.94. The van der Waals surface area contributed by atoms with Crippen LogP contribution in [0.15, 0.2) is 79.1 Å². The van der Waals surface area contributed by atoms with Gasteiger partial charge in [0.05, 0.1) is 24.2 Å². The van der Waals surface area contributed by atoms with Gasteiger partial charge in [-0.2, -0.15) is 5.10 Å². The van der Waals surface area contributed by atoms with Crippen LogP contribution >= 0.6 is 0 Å². The Bertz CT molecular complexity index is 1650. The van der Waals surface area contributed by atoms with E-state index in [1.165, 1.54) is 6.33 Å². The molecule has 4 N–H and O–H groups in total. The minimum absolute atomic E-state index is 0.219. The Morgan fingerprint density at radius 2 is 1.75 bits per heavy atom. The van der Waals surface area contributed by atoms with Crippen LogP contribution < -0.4 is 25.8 Å². The van der Waals surface area contributed by atoms with E-state index in [9.17, 15) is 4.79 Å². The lowest BCUT2D eigenvalue weighted by Crippen LogP contribution is -2.30. The number of hydrogen-bond donors (Lipinski definition) is 3. The third-order valence-electron chi connectivity index (χ3n) is 6.99. The zero-order valence-electron chi connectivity index (χ0n) is 22.0. The Balaban J connectivity index is 1.25. The molecule has 3 heterocycles. The van der Waals surface area contributed by atoms with Crippen LogP contribution in [0.4, 0.5) is 11.5 Å². The summed E-state index contributed by atoms with van der Waals surface area (Å²) in [5.74, 6) is 1.97. The molecule has 1 aliphatic rings. The predicted octanol–water partition coefficient (Wildman–Crippen LogP) is 5.05. The van der Waals surface area contributed by atoms with Gasteiger partial charge in [-0.3, -0.25) is 4.79 Å². The maximum Gasteiger partial charge on any atom is 0.255 e. The second kappa shape index (κ2) is 11.0. The van der Waals surface area contributed by atoms with Crippen LogP contribution in [0.2, 0.25) is 0 Å². The number of anilines is 2. The summed E-state index contributed by atoms with van der Waals surface area (Å²) in [6.45, 7) is 1.85. The van der Waals surface area contributed by atoms with Crippen LogP contribution in [-0.4, -0.2) is 45.9 Å². The smallest absolute Gasteiger partial charge is 0.255 e. The van der Waals surface area contributed by atoms with E-state index in [-0.39, 0.29) is 11.9 Å². The molecule has 1 amide bonds. The highest BCUT2D eigenvalue weighted by Crippen LogP contribution is 2.37. The van der Waals surface area contributed by atoms with E-state index >= 15 is 0 Å². The number of carbonyl (C=O) groups is 1. The fourth-order valence-corrected chi connectivity index (χ4v) is 4.94. The van der Waals surface area contributed by atoms with Crippen LogP contribution in [0.5, 0.6) is 17.2 Å². The molecule has 0 bridgehead atoms. The van der Waals surface area contributed by atoms with Crippen molar-refractivity contribution in [2.24, 2.45) is 0 Å². The number of nitrogens with one attached hydrogen (secondary N) is 2. The van der Waals surface area contributed by atoms with Crippen LogP contribution in [-0.2, 0) is 0 Å². The Kier molecular flexibility index (Phi) is 6.98. The largest absolute Gasteiger partial charge is 0.495 e. The molecule has 1 aliphatic heterocycles. The summed E-state index contributed by atoms with van der Waals surface area (Å²) in [4.78, 5) is 21.8. The highest BCUT2D eigenvalue weighted by molar-refractivity contribution is 6.05. The third-order valence-corrected chi connectivity index (χ3v) is 6.99. The summed E-state index contributed by atoms with van der Waals surface area (Å²) in [6, 6.07) is 22.2. The number of nitrogens with two attached hydrogens (primary N) is 1. The highest BCUT2D eigenvalue weighted by Gasteiger charge is 2.24. The molecule has 10 heteroatoms. The number of amides is 1. The van der Waals surface area contributed by atoms with Crippen LogP contribution in [0.1, 0.15) is 29.2 Å². The Labute approximate surface area is 231 Å². The Hall–Kier alpha value is -4.96. The van der Waals surface area contributed by atoms with Crippen molar-refractivity contribution in [2.75, 3.05) is 31.2 Å². The molecule has 6 rings (SSSR count). The molecule has 5 aromatic rings. The van der Waals surface area contributed by atoms with Crippen molar-refractivity contribution in [3.8, 4) is 28.5 Å². The van der Waals surface area contributed by atoms with Crippen molar-refractivity contribution in [1.29, 1.82) is 0 Å². The molecule has 202 valence electrons. The first-order chi connectivity index (χ1) is 19.6. The van der Waals surface area contributed by atoms with Gasteiger partial charge in [0.25, 0.3) is 5.91 Å². The van der Waals surface area contributed by atoms with Crippen molar-refractivity contribution >= 4 is 28.4 Å². The van der Waals surface area contributed by atoms with Gasteiger partial charge < -0.3 is 25.8 Å². The van der Waals surface area contributed by atoms with E-state index in [4.69, 9.17) is 20.3 Å². The third kappa shape index (κ3) is 5.04. The molecule has 2 aromatic heterocycles. The van der Waals surface area contributed by atoms with Gasteiger partial charge in [0, 0.05) is 11.1 Å². The first kappa shape index (κ1) is 25.3. The average Bonchev–Trinajstić information content (AvgIpc) is 3.40. The molecule has 1 saturated heterocycles. The van der Waals surface area contributed by atoms with Crippen molar-refractivity contribution in [3.05, 3.63) is 84.7 Å². The standard InChI is InChI=1S/C30H29N7O3/c1-39-25-17-20(27-26-28(31)33-18-34-29(26)37(36-27)21-13-15-32-16-14-21)9-12-24(25)35-30(38)19-7-10-23(11-8-19)40-22-5-3-2-4-6-22/h2-12,17-18,21,32H,13-16H2,1H3,(H,35,38)(H2,31,33,34). The number of hydrogen-bond acceptors (Lipinski definition) is 8. The van der Waals surface area contributed by atoms with E-state index in [1.807, 2.05) is 47.1 Å². The summed E-state index contributed by atoms with van der Waals surface area (Å²) < 4.78 is 13.4. The Morgan fingerprint density at radius 3 is 2.50 bits per heavy atom. The van der Waals surface area contributed by atoms with Gasteiger partial charge >= 0.3 is 0 Å². The SMILES string of the molecule is COc1cc(-c2nn(C3CCNCC3)c3ncnc(N)c23)ccc1NC(=O)c1ccc(Oc2ccccc2)cc1. The van der Waals surface area contributed by atoms with E-state index in [1.54, 1.807) is 37.4 Å². The number of piperidine rings is 1. The molecule has 3 aromatic carbocycles. The molecule has 0 radical (unpaired) electrons.